The van der Waals surface area contributed by atoms with Gasteiger partial charge in [-0.25, -0.2) is 18.3 Å². The molecule has 1 aromatic carbocycles. The Hall–Kier alpha value is -3.46. The maximum atomic E-state index is 14.3. The average Bonchev–Trinajstić information content (AvgIpc) is 3.43. The normalized spacial score (nSPS) is 17.8. The predicted octanol–water partition coefficient (Wildman–Crippen LogP) is 3.20. The van der Waals surface area contributed by atoms with Gasteiger partial charge in [0.25, 0.3) is 5.91 Å². The van der Waals surface area contributed by atoms with Crippen molar-refractivity contribution in [3.05, 3.63) is 70.6 Å². The molecular formula is C21H18ClFN5O3+. The topological polar surface area (TPSA) is 74.9 Å². The number of aliphatic imine (C=N–C) groups is 1. The van der Waals surface area contributed by atoms with E-state index in [-0.39, 0.29) is 17.1 Å². The van der Waals surface area contributed by atoms with E-state index >= 15 is 0 Å². The van der Waals surface area contributed by atoms with E-state index in [1.807, 2.05) is 23.8 Å². The highest BCUT2D eigenvalue weighted by atomic mass is 35.5. The lowest BCUT2D eigenvalue weighted by atomic mass is 10.1. The molecular weight excluding hydrogens is 425 g/mol. The van der Waals surface area contributed by atoms with Gasteiger partial charge in [-0.05, 0) is 31.2 Å². The molecule has 0 N–H and O–H groups in total. The Bertz CT molecular complexity index is 1230. The van der Waals surface area contributed by atoms with Crippen LogP contribution in [0.1, 0.15) is 23.1 Å². The molecule has 4 heterocycles. The maximum Gasteiger partial charge on any atom is 0.402 e. The molecule has 31 heavy (non-hydrogen) atoms. The van der Waals surface area contributed by atoms with Crippen molar-refractivity contribution in [2.45, 2.75) is 26.1 Å². The lowest BCUT2D eigenvalue weighted by molar-refractivity contribution is -0.677. The van der Waals surface area contributed by atoms with E-state index in [0.29, 0.717) is 18.3 Å². The van der Waals surface area contributed by atoms with Crippen molar-refractivity contribution < 1.29 is 23.0 Å². The van der Waals surface area contributed by atoms with Crippen molar-refractivity contribution in [2.75, 3.05) is 7.05 Å². The van der Waals surface area contributed by atoms with Crippen LogP contribution in [0.5, 0.6) is 0 Å². The Labute approximate surface area is 181 Å². The highest BCUT2D eigenvalue weighted by molar-refractivity contribution is 6.31. The zero-order valence-electron chi connectivity index (χ0n) is 16.7. The second-order valence-corrected chi connectivity index (χ2v) is 7.89. The van der Waals surface area contributed by atoms with E-state index < -0.39 is 23.8 Å². The Morgan fingerprint density at radius 1 is 1.23 bits per heavy atom. The minimum atomic E-state index is -0.820. The van der Waals surface area contributed by atoms with Crippen molar-refractivity contribution >= 4 is 35.3 Å². The number of aromatic nitrogens is 2. The van der Waals surface area contributed by atoms with Gasteiger partial charge in [0.15, 0.2) is 0 Å². The number of halogens is 2. The number of imide groups is 1. The molecule has 0 radical (unpaired) electrons. The summed E-state index contributed by atoms with van der Waals surface area (Å²) in [6.07, 6.45) is 3.41. The third kappa shape index (κ3) is 2.96. The van der Waals surface area contributed by atoms with Gasteiger partial charge in [-0.2, -0.15) is 0 Å². The molecule has 3 amide bonds. The first-order valence-corrected chi connectivity index (χ1v) is 9.99. The van der Waals surface area contributed by atoms with Crippen LogP contribution >= 0.6 is 11.6 Å². The fraction of sp³-hybridized carbons (Fsp3) is 0.238. The fourth-order valence-corrected chi connectivity index (χ4v) is 4.19. The van der Waals surface area contributed by atoms with Crippen LogP contribution in [-0.2, 0) is 17.9 Å². The number of carbonyl (C=O) groups is 2. The first-order chi connectivity index (χ1) is 14.9. The number of amidine groups is 1. The second-order valence-electron chi connectivity index (χ2n) is 7.48. The lowest BCUT2D eigenvalue weighted by Crippen LogP contribution is -2.62. The number of imidazole rings is 1. The molecule has 2 aliphatic heterocycles. The minimum Gasteiger partial charge on any atom is -0.466 e. The average molecular weight is 443 g/mol. The molecule has 0 bridgehead atoms. The molecule has 8 nitrogen and oxygen atoms in total. The summed E-state index contributed by atoms with van der Waals surface area (Å²) >= 11 is 6.12. The summed E-state index contributed by atoms with van der Waals surface area (Å²) in [5.74, 6) is 0.543. The Morgan fingerprint density at radius 3 is 2.74 bits per heavy atom. The van der Waals surface area contributed by atoms with Gasteiger partial charge in [0.05, 0.1) is 12.8 Å². The Morgan fingerprint density at radius 2 is 2.03 bits per heavy atom. The Balaban J connectivity index is 1.53. The van der Waals surface area contributed by atoms with E-state index in [0.717, 1.165) is 16.4 Å². The first-order valence-electron chi connectivity index (χ1n) is 9.61. The summed E-state index contributed by atoms with van der Waals surface area (Å²) < 4.78 is 23.4. The van der Waals surface area contributed by atoms with Crippen molar-refractivity contribution in [1.29, 1.82) is 0 Å². The van der Waals surface area contributed by atoms with Crippen molar-refractivity contribution in [3.63, 3.8) is 0 Å². The molecule has 2 aliphatic rings. The fourth-order valence-electron chi connectivity index (χ4n) is 3.97. The van der Waals surface area contributed by atoms with Crippen LogP contribution in [0.25, 0.3) is 0 Å². The second kappa shape index (κ2) is 7.05. The standard InChI is InChI=1S/C21H18ClFN5O3/c1-12-9-27-17-18(24-20(27)26(12)10-13-5-4-8-31-13)25(2)21(30)28(19(17)29)11-14-15(22)6-3-7-16(14)23/h3-9,17H,10-11H2,1-2H3/q+1. The largest absolute Gasteiger partial charge is 0.466 e. The number of likely N-dealkylation sites (N-methyl/N-ethyl adjacent to an activating group) is 1. The highest BCUT2D eigenvalue weighted by Crippen LogP contribution is 2.31. The molecule has 10 heteroatoms. The molecule has 1 atom stereocenters. The maximum absolute atomic E-state index is 14.3. The van der Waals surface area contributed by atoms with Gasteiger partial charge in [-0.15, -0.1) is 0 Å². The number of furan rings is 1. The summed E-state index contributed by atoms with van der Waals surface area (Å²) in [5, 5.41) is 0.155. The molecule has 0 spiro atoms. The summed E-state index contributed by atoms with van der Waals surface area (Å²) in [6.45, 7) is 2.08. The first kappa shape index (κ1) is 19.5. The molecule has 158 valence electrons. The number of aryl methyl sites for hydroxylation is 1. The monoisotopic (exact) mass is 442 g/mol. The van der Waals surface area contributed by atoms with Crippen LogP contribution < -0.4 is 4.57 Å². The number of rotatable bonds is 4. The van der Waals surface area contributed by atoms with Gasteiger partial charge in [0, 0.05) is 17.6 Å². The zero-order valence-corrected chi connectivity index (χ0v) is 17.5. The number of hydrogen-bond donors (Lipinski definition) is 0. The molecule has 1 fully saturated rings. The van der Waals surface area contributed by atoms with Gasteiger partial charge in [0.2, 0.25) is 11.9 Å². The van der Waals surface area contributed by atoms with Crippen LogP contribution in [-0.4, -0.2) is 39.2 Å². The number of hydrogen-bond acceptors (Lipinski definition) is 4. The number of fused-ring (bicyclic) bond motifs is 3. The number of amides is 3. The Kier molecular flexibility index (Phi) is 4.44. The zero-order chi connectivity index (χ0) is 21.9. The highest BCUT2D eigenvalue weighted by Gasteiger charge is 2.53. The third-order valence-corrected chi connectivity index (χ3v) is 5.95. The lowest BCUT2D eigenvalue weighted by Gasteiger charge is -2.33. The molecule has 3 aromatic rings. The SMILES string of the molecule is Cc1c[n+]2c(n1Cc1ccco1)N=C1C2C(=O)N(Cc2c(F)cccc2Cl)C(=O)N1C. The van der Waals surface area contributed by atoms with Gasteiger partial charge in [-0.3, -0.25) is 14.6 Å². The van der Waals surface area contributed by atoms with E-state index in [2.05, 4.69) is 4.99 Å². The minimum absolute atomic E-state index is 0.0921. The summed E-state index contributed by atoms with van der Waals surface area (Å²) in [6, 6.07) is 6.50. The predicted molar refractivity (Wildman–Crippen MR) is 108 cm³/mol. The number of urea groups is 1. The van der Waals surface area contributed by atoms with Crippen LogP contribution in [0.3, 0.4) is 0 Å². The van der Waals surface area contributed by atoms with Gasteiger partial charge in [-0.1, -0.05) is 22.7 Å². The summed E-state index contributed by atoms with van der Waals surface area (Å²) in [5.41, 5.74) is 0.972. The van der Waals surface area contributed by atoms with Crippen molar-refractivity contribution in [2.24, 2.45) is 4.99 Å². The summed E-state index contributed by atoms with van der Waals surface area (Å²) in [7, 11) is 1.55. The molecule has 0 saturated carbocycles. The summed E-state index contributed by atoms with van der Waals surface area (Å²) in [4.78, 5) is 33.2. The van der Waals surface area contributed by atoms with Crippen LogP contribution in [0.15, 0.2) is 52.2 Å². The van der Waals surface area contributed by atoms with Crippen LogP contribution in [0, 0.1) is 12.7 Å². The van der Waals surface area contributed by atoms with Gasteiger partial charge >= 0.3 is 12.0 Å². The molecule has 0 aliphatic carbocycles. The number of nitrogens with zero attached hydrogens (tertiary/aromatic N) is 5. The van der Waals surface area contributed by atoms with Crippen LogP contribution in [0.4, 0.5) is 15.1 Å². The van der Waals surface area contributed by atoms with Crippen LogP contribution in [0.2, 0.25) is 5.02 Å². The third-order valence-electron chi connectivity index (χ3n) is 5.59. The smallest absolute Gasteiger partial charge is 0.402 e. The molecule has 1 unspecified atom stereocenters. The van der Waals surface area contributed by atoms with E-state index in [1.54, 1.807) is 23.9 Å². The molecule has 2 aromatic heterocycles. The van der Waals surface area contributed by atoms with Gasteiger partial charge in [0.1, 0.15) is 30.0 Å². The number of carbonyl (C=O) groups excluding carboxylic acids is 2. The molecule has 5 rings (SSSR count). The van der Waals surface area contributed by atoms with Crippen molar-refractivity contribution in [3.8, 4) is 0 Å². The molecule has 1 saturated heterocycles. The quantitative estimate of drug-likeness (QED) is 0.582. The van der Waals surface area contributed by atoms with E-state index in [9.17, 15) is 14.0 Å². The van der Waals surface area contributed by atoms with E-state index in [1.165, 1.54) is 23.1 Å². The van der Waals surface area contributed by atoms with Crippen molar-refractivity contribution in [1.82, 2.24) is 14.4 Å². The van der Waals surface area contributed by atoms with Gasteiger partial charge < -0.3 is 4.42 Å². The number of benzene rings is 1. The van der Waals surface area contributed by atoms with E-state index in [4.69, 9.17) is 16.0 Å².